The lowest BCUT2D eigenvalue weighted by atomic mass is 10.2. The van der Waals surface area contributed by atoms with Gasteiger partial charge in [-0.15, -0.1) is 10.2 Å². The summed E-state index contributed by atoms with van der Waals surface area (Å²) in [5.74, 6) is 3.14. The monoisotopic (exact) mass is 547 g/mol. The zero-order chi connectivity index (χ0) is 27.6. The Morgan fingerprint density at radius 3 is 2.26 bits per heavy atom. The molecule has 0 aliphatic carbocycles. The molecule has 0 unspecified atom stereocenters. The van der Waals surface area contributed by atoms with E-state index in [-0.39, 0.29) is 11.7 Å². The van der Waals surface area contributed by atoms with Crippen molar-refractivity contribution in [1.29, 1.82) is 0 Å². The molecule has 1 heterocycles. The summed E-state index contributed by atoms with van der Waals surface area (Å²) in [4.78, 5) is 12.6. The third kappa shape index (κ3) is 6.88. The molecule has 1 N–H and O–H groups in total. The van der Waals surface area contributed by atoms with Crippen molar-refractivity contribution in [1.82, 2.24) is 20.2 Å². The van der Waals surface area contributed by atoms with E-state index in [0.717, 1.165) is 28.3 Å². The average molecular weight is 548 g/mol. The van der Waals surface area contributed by atoms with Crippen LogP contribution in [0.3, 0.4) is 0 Å². The standard InChI is InChI=1S/C28H29N5O5S/c1-5-38-24-15-6-19(16-25(24)37-4)17-29-30-26(34)18-39-28-32-31-27(20-7-11-22(35-2)12-8-20)33(28)21-9-13-23(36-3)14-10-21/h6-17H,5,18H2,1-4H3,(H,30,34)/b29-17+. The fourth-order valence-electron chi connectivity index (χ4n) is 3.63. The number of hydrazone groups is 1. The number of thioether (sulfide) groups is 1. The predicted octanol–water partition coefficient (Wildman–Crippen LogP) is 4.60. The second-order valence-corrected chi connectivity index (χ2v) is 8.94. The van der Waals surface area contributed by atoms with Crippen molar-refractivity contribution in [2.75, 3.05) is 33.7 Å². The number of carbonyl (C=O) groups excluding carboxylic acids is 1. The van der Waals surface area contributed by atoms with Crippen LogP contribution >= 0.6 is 11.8 Å². The van der Waals surface area contributed by atoms with Gasteiger partial charge in [-0.3, -0.25) is 9.36 Å². The molecule has 0 aliphatic rings. The number of nitrogens with zero attached hydrogens (tertiary/aromatic N) is 4. The van der Waals surface area contributed by atoms with Gasteiger partial charge in [0.25, 0.3) is 5.91 Å². The number of aromatic nitrogens is 3. The van der Waals surface area contributed by atoms with Crippen molar-refractivity contribution < 1.29 is 23.7 Å². The maximum atomic E-state index is 12.6. The van der Waals surface area contributed by atoms with Crippen LogP contribution in [0.2, 0.25) is 0 Å². The highest BCUT2D eigenvalue weighted by Gasteiger charge is 2.17. The Morgan fingerprint density at radius 2 is 1.62 bits per heavy atom. The van der Waals surface area contributed by atoms with Gasteiger partial charge in [0.15, 0.2) is 22.5 Å². The van der Waals surface area contributed by atoms with Crippen LogP contribution < -0.4 is 24.4 Å². The molecule has 0 radical (unpaired) electrons. The Balaban J connectivity index is 1.48. The van der Waals surface area contributed by atoms with Crippen molar-refractivity contribution in [2.24, 2.45) is 5.10 Å². The molecule has 0 atom stereocenters. The van der Waals surface area contributed by atoms with Crippen LogP contribution in [0.4, 0.5) is 0 Å². The van der Waals surface area contributed by atoms with Crippen molar-refractivity contribution in [3.63, 3.8) is 0 Å². The van der Waals surface area contributed by atoms with E-state index in [2.05, 4.69) is 20.7 Å². The number of methoxy groups -OCH3 is 3. The van der Waals surface area contributed by atoms with Gasteiger partial charge in [0.1, 0.15) is 11.5 Å². The third-order valence-corrected chi connectivity index (χ3v) is 6.46. The number of ether oxygens (including phenoxy) is 4. The average Bonchev–Trinajstić information content (AvgIpc) is 3.41. The van der Waals surface area contributed by atoms with Gasteiger partial charge in [-0.2, -0.15) is 5.10 Å². The lowest BCUT2D eigenvalue weighted by Gasteiger charge is -2.11. The summed E-state index contributed by atoms with van der Waals surface area (Å²) >= 11 is 1.25. The van der Waals surface area contributed by atoms with E-state index in [1.807, 2.05) is 66.1 Å². The lowest BCUT2D eigenvalue weighted by molar-refractivity contribution is -0.118. The Bertz CT molecular complexity index is 1420. The maximum Gasteiger partial charge on any atom is 0.250 e. The SMILES string of the molecule is CCOc1ccc(/C=N/NC(=O)CSc2nnc(-c3ccc(OC)cc3)n2-c2ccc(OC)cc2)cc1OC. The van der Waals surface area contributed by atoms with Gasteiger partial charge in [-0.25, -0.2) is 5.43 Å². The van der Waals surface area contributed by atoms with Crippen LogP contribution in [0.15, 0.2) is 77.0 Å². The molecule has 3 aromatic carbocycles. The molecular weight excluding hydrogens is 518 g/mol. The van der Waals surface area contributed by atoms with E-state index < -0.39 is 0 Å². The molecule has 0 saturated carbocycles. The van der Waals surface area contributed by atoms with Crippen molar-refractivity contribution in [3.8, 4) is 40.1 Å². The third-order valence-electron chi connectivity index (χ3n) is 5.53. The topological polar surface area (TPSA) is 109 Å². The van der Waals surface area contributed by atoms with Crippen molar-refractivity contribution >= 4 is 23.9 Å². The molecule has 4 aromatic rings. The summed E-state index contributed by atoms with van der Waals surface area (Å²) < 4.78 is 23.3. The van der Waals surface area contributed by atoms with E-state index >= 15 is 0 Å². The van der Waals surface area contributed by atoms with Crippen LogP contribution in [0.1, 0.15) is 12.5 Å². The van der Waals surface area contributed by atoms with E-state index in [4.69, 9.17) is 18.9 Å². The molecule has 1 aromatic heterocycles. The molecule has 1 amide bonds. The Kier molecular flexibility index (Phi) is 9.41. The fourth-order valence-corrected chi connectivity index (χ4v) is 4.38. The highest BCUT2D eigenvalue weighted by atomic mass is 32.2. The van der Waals surface area contributed by atoms with Gasteiger partial charge in [0, 0.05) is 11.3 Å². The highest BCUT2D eigenvalue weighted by Crippen LogP contribution is 2.30. The predicted molar refractivity (Wildman–Crippen MR) is 151 cm³/mol. The summed E-state index contributed by atoms with van der Waals surface area (Å²) in [6, 6.07) is 20.5. The van der Waals surface area contributed by atoms with Gasteiger partial charge >= 0.3 is 0 Å². The minimum absolute atomic E-state index is 0.0842. The first-order valence-electron chi connectivity index (χ1n) is 12.1. The van der Waals surface area contributed by atoms with Gasteiger partial charge in [-0.1, -0.05) is 11.8 Å². The first-order valence-corrected chi connectivity index (χ1v) is 13.0. The largest absolute Gasteiger partial charge is 0.497 e. The quantitative estimate of drug-likeness (QED) is 0.156. The first-order chi connectivity index (χ1) is 19.1. The fraction of sp³-hybridized carbons (Fsp3) is 0.214. The molecule has 0 bridgehead atoms. The first kappa shape index (κ1) is 27.5. The van der Waals surface area contributed by atoms with Crippen molar-refractivity contribution in [2.45, 2.75) is 12.1 Å². The van der Waals surface area contributed by atoms with E-state index in [1.165, 1.54) is 11.8 Å². The number of nitrogens with one attached hydrogen (secondary N) is 1. The minimum atomic E-state index is -0.288. The second-order valence-electron chi connectivity index (χ2n) is 7.99. The Hall–Kier alpha value is -4.51. The Labute approximate surface area is 231 Å². The van der Waals surface area contributed by atoms with Crippen LogP contribution in [0.25, 0.3) is 17.1 Å². The zero-order valence-electron chi connectivity index (χ0n) is 22.1. The number of carbonyl (C=O) groups is 1. The molecule has 39 heavy (non-hydrogen) atoms. The van der Waals surface area contributed by atoms with Crippen molar-refractivity contribution in [3.05, 3.63) is 72.3 Å². The summed E-state index contributed by atoms with van der Waals surface area (Å²) in [6.45, 7) is 2.44. The molecule has 10 nitrogen and oxygen atoms in total. The number of benzene rings is 3. The van der Waals surface area contributed by atoms with E-state index in [1.54, 1.807) is 39.7 Å². The van der Waals surface area contributed by atoms with E-state index in [0.29, 0.717) is 29.1 Å². The number of hydrogen-bond acceptors (Lipinski definition) is 9. The molecule has 0 aliphatic heterocycles. The second kappa shape index (κ2) is 13.3. The van der Waals surface area contributed by atoms with Gasteiger partial charge in [-0.05, 0) is 79.2 Å². The van der Waals surface area contributed by atoms with Crippen LogP contribution in [-0.2, 0) is 4.79 Å². The number of hydrogen-bond donors (Lipinski definition) is 1. The Morgan fingerprint density at radius 1 is 0.923 bits per heavy atom. The van der Waals surface area contributed by atoms with Crippen LogP contribution in [-0.4, -0.2) is 60.6 Å². The van der Waals surface area contributed by atoms with Gasteiger partial charge in [0.05, 0.1) is 39.9 Å². The number of rotatable bonds is 12. The normalized spacial score (nSPS) is 10.9. The van der Waals surface area contributed by atoms with Crippen LogP contribution in [0.5, 0.6) is 23.0 Å². The van der Waals surface area contributed by atoms with Crippen LogP contribution in [0, 0.1) is 0 Å². The summed E-state index contributed by atoms with van der Waals surface area (Å²) in [7, 11) is 4.81. The molecule has 0 saturated heterocycles. The molecule has 11 heteroatoms. The molecular formula is C28H29N5O5S. The van der Waals surface area contributed by atoms with E-state index in [9.17, 15) is 4.79 Å². The highest BCUT2D eigenvalue weighted by molar-refractivity contribution is 7.99. The zero-order valence-corrected chi connectivity index (χ0v) is 22.9. The van der Waals surface area contributed by atoms with Gasteiger partial charge < -0.3 is 18.9 Å². The molecule has 0 fully saturated rings. The summed E-state index contributed by atoms with van der Waals surface area (Å²) in [5.41, 5.74) is 4.99. The minimum Gasteiger partial charge on any atom is -0.497 e. The smallest absolute Gasteiger partial charge is 0.250 e. The summed E-state index contributed by atoms with van der Waals surface area (Å²) in [6.07, 6.45) is 1.54. The lowest BCUT2D eigenvalue weighted by Crippen LogP contribution is -2.20. The number of amides is 1. The van der Waals surface area contributed by atoms with Gasteiger partial charge in [0.2, 0.25) is 0 Å². The molecule has 4 rings (SSSR count). The summed E-state index contributed by atoms with van der Waals surface area (Å²) in [5, 5.41) is 13.4. The molecule has 0 spiro atoms. The maximum absolute atomic E-state index is 12.6. The molecule has 202 valence electrons.